The number of hydrogen-bond donors (Lipinski definition) is 2. The number of aromatic hydroxyl groups is 1. The summed E-state index contributed by atoms with van der Waals surface area (Å²) < 4.78 is 6.70. The van der Waals surface area contributed by atoms with Gasteiger partial charge in [-0.25, -0.2) is 5.43 Å². The average molecular weight is 488 g/mol. The fourth-order valence-corrected chi connectivity index (χ4v) is 4.01. The summed E-state index contributed by atoms with van der Waals surface area (Å²) in [6.45, 7) is 0. The predicted molar refractivity (Wildman–Crippen MR) is 112 cm³/mol. The number of amides is 1. The molecule has 0 radical (unpaired) electrons. The summed E-state index contributed by atoms with van der Waals surface area (Å²) in [6, 6.07) is 16.8. The molecule has 0 fully saturated rings. The van der Waals surface area contributed by atoms with E-state index in [1.807, 2.05) is 36.4 Å². The average Bonchev–Trinajstić information content (AvgIpc) is 3.11. The third-order valence-electron chi connectivity index (χ3n) is 4.07. The molecule has 134 valence electrons. The van der Waals surface area contributed by atoms with Gasteiger partial charge in [-0.2, -0.15) is 5.10 Å². The van der Waals surface area contributed by atoms with E-state index in [-0.39, 0.29) is 11.5 Å². The Morgan fingerprint density at radius 3 is 2.56 bits per heavy atom. The highest BCUT2D eigenvalue weighted by Gasteiger charge is 2.13. The Hall–Kier alpha value is -2.64. The molecule has 0 saturated heterocycles. The quantitative estimate of drug-likeness (QED) is 0.292. The van der Waals surface area contributed by atoms with Crippen molar-refractivity contribution in [2.45, 2.75) is 0 Å². The van der Waals surface area contributed by atoms with Gasteiger partial charge in [0.05, 0.1) is 15.2 Å². The van der Waals surface area contributed by atoms with E-state index in [4.69, 9.17) is 4.42 Å². The highest BCUT2D eigenvalue weighted by molar-refractivity contribution is 9.11. The molecule has 0 bridgehead atoms. The number of nitrogens with zero attached hydrogens (tertiary/aromatic N) is 1. The van der Waals surface area contributed by atoms with Crippen LogP contribution in [0.2, 0.25) is 0 Å². The van der Waals surface area contributed by atoms with Crippen LogP contribution in [0.3, 0.4) is 0 Å². The number of halogens is 2. The van der Waals surface area contributed by atoms with Gasteiger partial charge >= 0.3 is 5.91 Å². The zero-order valence-electron chi connectivity index (χ0n) is 13.7. The second-order valence-electron chi connectivity index (χ2n) is 5.84. The van der Waals surface area contributed by atoms with Crippen molar-refractivity contribution in [2.24, 2.45) is 5.10 Å². The zero-order chi connectivity index (χ0) is 19.0. The third-order valence-corrected chi connectivity index (χ3v) is 5.28. The van der Waals surface area contributed by atoms with Gasteiger partial charge < -0.3 is 9.52 Å². The Morgan fingerprint density at radius 1 is 1.04 bits per heavy atom. The maximum atomic E-state index is 12.4. The maximum absolute atomic E-state index is 12.4. The van der Waals surface area contributed by atoms with E-state index < -0.39 is 5.91 Å². The van der Waals surface area contributed by atoms with Gasteiger partial charge in [0.2, 0.25) is 0 Å². The lowest BCUT2D eigenvalue weighted by atomic mass is 10.1. The highest BCUT2D eigenvalue weighted by atomic mass is 79.9. The molecule has 0 aliphatic carbocycles. The van der Waals surface area contributed by atoms with Crippen LogP contribution in [0, 0.1) is 0 Å². The molecular weight excluding hydrogens is 476 g/mol. The number of fused-ring (bicyclic) bond motifs is 3. The first-order valence-corrected chi connectivity index (χ1v) is 9.54. The van der Waals surface area contributed by atoms with Crippen molar-refractivity contribution in [3.8, 4) is 5.75 Å². The van der Waals surface area contributed by atoms with E-state index >= 15 is 0 Å². The van der Waals surface area contributed by atoms with Crippen molar-refractivity contribution in [3.63, 3.8) is 0 Å². The second-order valence-corrected chi connectivity index (χ2v) is 7.55. The predicted octanol–water partition coefficient (Wildman–Crippen LogP) is 5.58. The van der Waals surface area contributed by atoms with Gasteiger partial charge in [0, 0.05) is 5.39 Å². The minimum atomic E-state index is -0.441. The van der Waals surface area contributed by atoms with E-state index in [0.717, 1.165) is 16.2 Å². The van der Waals surface area contributed by atoms with Crippen molar-refractivity contribution >= 4 is 65.7 Å². The third kappa shape index (κ3) is 3.48. The minimum Gasteiger partial charge on any atom is -0.506 e. The molecule has 1 aromatic heterocycles. The number of hydrazone groups is 1. The van der Waals surface area contributed by atoms with Crippen molar-refractivity contribution in [3.05, 3.63) is 74.9 Å². The summed E-state index contributed by atoms with van der Waals surface area (Å²) >= 11 is 6.50. The van der Waals surface area contributed by atoms with E-state index in [2.05, 4.69) is 42.4 Å². The molecule has 1 heterocycles. The highest BCUT2D eigenvalue weighted by Crippen LogP contribution is 2.33. The van der Waals surface area contributed by atoms with Crippen LogP contribution in [-0.2, 0) is 0 Å². The molecule has 0 spiro atoms. The topological polar surface area (TPSA) is 74.8 Å². The first kappa shape index (κ1) is 17.8. The lowest BCUT2D eigenvalue weighted by Gasteiger charge is -2.02. The molecule has 0 aliphatic heterocycles. The number of furan rings is 1. The molecule has 3 aromatic carbocycles. The Bertz CT molecular complexity index is 1190. The smallest absolute Gasteiger partial charge is 0.307 e. The zero-order valence-corrected chi connectivity index (χ0v) is 16.9. The molecule has 1 amide bonds. The summed E-state index contributed by atoms with van der Waals surface area (Å²) in [5.74, 6) is -0.152. The van der Waals surface area contributed by atoms with Gasteiger partial charge in [0.1, 0.15) is 11.3 Å². The number of benzene rings is 3. The van der Waals surface area contributed by atoms with Gasteiger partial charge in [-0.05, 0) is 72.5 Å². The van der Waals surface area contributed by atoms with Crippen LogP contribution >= 0.6 is 31.9 Å². The minimum absolute atomic E-state index is 0.102. The molecular formula is C20H12Br2N2O3. The number of phenolic OH excluding ortho intramolecular Hbond substituents is 1. The van der Waals surface area contributed by atoms with Gasteiger partial charge in [-0.1, -0.05) is 30.3 Å². The lowest BCUT2D eigenvalue weighted by Crippen LogP contribution is -2.16. The number of nitrogens with one attached hydrogen (secondary N) is 1. The van der Waals surface area contributed by atoms with Crippen molar-refractivity contribution in [1.82, 2.24) is 5.43 Å². The normalized spacial score (nSPS) is 11.5. The van der Waals surface area contributed by atoms with Crippen LogP contribution in [0.5, 0.6) is 5.75 Å². The first-order valence-electron chi connectivity index (χ1n) is 7.95. The molecule has 4 aromatic rings. The monoisotopic (exact) mass is 486 g/mol. The molecule has 0 aliphatic rings. The number of carbonyl (C=O) groups is 1. The number of carbonyl (C=O) groups excluding carboxylic acids is 1. The van der Waals surface area contributed by atoms with E-state index in [0.29, 0.717) is 20.1 Å². The van der Waals surface area contributed by atoms with Gasteiger partial charge in [0.25, 0.3) is 0 Å². The largest absolute Gasteiger partial charge is 0.506 e. The summed E-state index contributed by atoms with van der Waals surface area (Å²) in [7, 11) is 0. The Labute approximate surface area is 170 Å². The van der Waals surface area contributed by atoms with Crippen LogP contribution in [-0.4, -0.2) is 17.2 Å². The number of phenols is 1. The van der Waals surface area contributed by atoms with Crippen LogP contribution in [0.25, 0.3) is 21.7 Å². The molecule has 4 rings (SSSR count). The molecule has 7 heteroatoms. The fourth-order valence-electron chi connectivity index (χ4n) is 2.78. The van der Waals surface area contributed by atoms with Crippen LogP contribution in [0.15, 0.2) is 73.1 Å². The van der Waals surface area contributed by atoms with E-state index in [1.54, 1.807) is 18.2 Å². The summed E-state index contributed by atoms with van der Waals surface area (Å²) in [5.41, 5.74) is 3.80. The SMILES string of the molecule is O=C(N/N=C\c1cc(Br)c(O)c(Br)c1)c1cc2c(ccc3ccccc32)o1. The van der Waals surface area contributed by atoms with Gasteiger partial charge in [-0.15, -0.1) is 0 Å². The van der Waals surface area contributed by atoms with Crippen molar-refractivity contribution in [2.75, 3.05) is 0 Å². The summed E-state index contributed by atoms with van der Waals surface area (Å²) in [6.07, 6.45) is 1.48. The van der Waals surface area contributed by atoms with Crippen LogP contribution in [0.1, 0.15) is 16.1 Å². The maximum Gasteiger partial charge on any atom is 0.307 e. The van der Waals surface area contributed by atoms with E-state index in [9.17, 15) is 9.90 Å². The Kier molecular flexibility index (Phi) is 4.72. The van der Waals surface area contributed by atoms with E-state index in [1.165, 1.54) is 6.21 Å². The Balaban J connectivity index is 1.57. The van der Waals surface area contributed by atoms with Crippen LogP contribution < -0.4 is 5.43 Å². The number of rotatable bonds is 3. The van der Waals surface area contributed by atoms with Crippen LogP contribution in [0.4, 0.5) is 0 Å². The Morgan fingerprint density at radius 2 is 1.78 bits per heavy atom. The molecule has 0 atom stereocenters. The number of hydrogen-bond acceptors (Lipinski definition) is 4. The first-order chi connectivity index (χ1) is 13.0. The molecule has 5 nitrogen and oxygen atoms in total. The summed E-state index contributed by atoms with van der Waals surface area (Å²) in [5, 5.41) is 16.7. The van der Waals surface area contributed by atoms with Gasteiger partial charge in [-0.3, -0.25) is 4.79 Å². The molecule has 2 N–H and O–H groups in total. The van der Waals surface area contributed by atoms with Crippen molar-refractivity contribution < 1.29 is 14.3 Å². The standard InChI is InChI=1S/C20H12Br2N2O3/c21-15-7-11(8-16(22)19(15)25)10-23-24-20(26)18-9-14-13-4-2-1-3-12(13)5-6-17(14)27-18/h1-10,25H,(H,24,26)/b23-10-. The van der Waals surface area contributed by atoms with Gasteiger partial charge in [0.15, 0.2) is 5.76 Å². The summed E-state index contributed by atoms with van der Waals surface area (Å²) in [4.78, 5) is 12.4. The molecule has 0 saturated carbocycles. The molecule has 27 heavy (non-hydrogen) atoms. The van der Waals surface area contributed by atoms with Crippen molar-refractivity contribution in [1.29, 1.82) is 0 Å². The fraction of sp³-hybridized carbons (Fsp3) is 0. The molecule has 0 unspecified atom stereocenters. The lowest BCUT2D eigenvalue weighted by molar-refractivity contribution is 0.0929. The second kappa shape index (κ2) is 7.17.